The van der Waals surface area contributed by atoms with Crippen LogP contribution in [-0.2, 0) is 6.42 Å². The van der Waals surface area contributed by atoms with Crippen LogP contribution in [0.4, 0.5) is 0 Å². The van der Waals surface area contributed by atoms with E-state index in [-0.39, 0.29) is 0 Å². The molecule has 0 unspecified atom stereocenters. The monoisotopic (exact) mass is 336 g/mol. The Kier molecular flexibility index (Phi) is 3.04. The van der Waals surface area contributed by atoms with Crippen molar-refractivity contribution in [3.63, 3.8) is 0 Å². The molecule has 0 fully saturated rings. The quantitative estimate of drug-likeness (QED) is 0.441. The molecule has 0 aliphatic carbocycles. The summed E-state index contributed by atoms with van der Waals surface area (Å²) in [7, 11) is 0. The molecule has 102 valence electrons. The zero-order valence-corrected chi connectivity index (χ0v) is 12.9. The third-order valence-corrected chi connectivity index (χ3v) is 4.23. The molecule has 0 aliphatic rings. The summed E-state index contributed by atoms with van der Waals surface area (Å²) in [6.45, 7) is 0. The molecule has 0 N–H and O–H groups in total. The van der Waals surface area contributed by atoms with Crippen LogP contribution in [-0.4, -0.2) is 0 Å². The Bertz CT molecular complexity index is 937. The van der Waals surface area contributed by atoms with E-state index in [1.54, 1.807) is 0 Å². The normalized spacial score (nSPS) is 11.3. The maximum atomic E-state index is 5.87. The Morgan fingerprint density at radius 1 is 0.714 bits per heavy atom. The average molecular weight is 337 g/mol. The number of hydrogen-bond acceptors (Lipinski definition) is 1. The predicted octanol–water partition coefficient (Wildman–Crippen LogP) is 5.94. The number of furan rings is 1. The molecule has 0 saturated heterocycles. The standard InChI is InChI=1S/C19H13BrO/c20-15-5-3-4-13(11-15)10-14-8-9-19-17(12-14)16-6-1-2-7-18(16)21-19/h1-9,11-12H,10H2. The number of halogens is 1. The third-order valence-electron chi connectivity index (χ3n) is 3.74. The van der Waals surface area contributed by atoms with Crippen molar-refractivity contribution in [2.75, 3.05) is 0 Å². The average Bonchev–Trinajstić information content (AvgIpc) is 2.85. The Morgan fingerprint density at radius 3 is 2.43 bits per heavy atom. The molecule has 1 heterocycles. The number of fused-ring (bicyclic) bond motifs is 3. The van der Waals surface area contributed by atoms with Gasteiger partial charge in [0.1, 0.15) is 11.2 Å². The molecular formula is C19H13BrO. The fourth-order valence-corrected chi connectivity index (χ4v) is 3.21. The minimum Gasteiger partial charge on any atom is -0.456 e. The SMILES string of the molecule is Brc1cccc(Cc2ccc3oc4ccccc4c3c2)c1. The summed E-state index contributed by atoms with van der Waals surface area (Å²) in [5.41, 5.74) is 4.50. The summed E-state index contributed by atoms with van der Waals surface area (Å²) in [4.78, 5) is 0. The highest BCUT2D eigenvalue weighted by molar-refractivity contribution is 9.10. The fourth-order valence-electron chi connectivity index (χ4n) is 2.77. The molecule has 3 aromatic carbocycles. The molecule has 21 heavy (non-hydrogen) atoms. The molecule has 1 aromatic heterocycles. The molecule has 4 rings (SSSR count). The first-order chi connectivity index (χ1) is 10.3. The lowest BCUT2D eigenvalue weighted by Gasteiger charge is -2.03. The van der Waals surface area contributed by atoms with Gasteiger partial charge in [0.25, 0.3) is 0 Å². The van der Waals surface area contributed by atoms with Gasteiger partial charge in [-0.1, -0.05) is 52.3 Å². The summed E-state index contributed by atoms with van der Waals surface area (Å²) < 4.78 is 6.99. The van der Waals surface area contributed by atoms with E-state index in [1.165, 1.54) is 21.9 Å². The van der Waals surface area contributed by atoms with Gasteiger partial charge in [0, 0.05) is 15.2 Å². The Balaban J connectivity index is 1.81. The maximum absolute atomic E-state index is 5.87. The predicted molar refractivity (Wildman–Crippen MR) is 90.7 cm³/mol. The minimum atomic E-state index is 0.925. The highest BCUT2D eigenvalue weighted by atomic mass is 79.9. The van der Waals surface area contributed by atoms with Crippen LogP contribution in [0.2, 0.25) is 0 Å². The van der Waals surface area contributed by atoms with Gasteiger partial charge in [-0.3, -0.25) is 0 Å². The van der Waals surface area contributed by atoms with E-state index in [0.29, 0.717) is 0 Å². The third kappa shape index (κ3) is 2.36. The lowest BCUT2D eigenvalue weighted by atomic mass is 10.0. The second-order valence-corrected chi connectivity index (χ2v) is 6.15. The zero-order valence-electron chi connectivity index (χ0n) is 11.3. The molecule has 0 saturated carbocycles. The number of rotatable bonds is 2. The molecule has 0 spiro atoms. The topological polar surface area (TPSA) is 13.1 Å². The highest BCUT2D eigenvalue weighted by Crippen LogP contribution is 2.29. The van der Waals surface area contributed by atoms with Crippen molar-refractivity contribution in [1.29, 1.82) is 0 Å². The summed E-state index contributed by atoms with van der Waals surface area (Å²) in [6, 6.07) is 23.1. The number of hydrogen-bond donors (Lipinski definition) is 0. The van der Waals surface area contributed by atoms with Crippen molar-refractivity contribution >= 4 is 37.9 Å². The van der Waals surface area contributed by atoms with Crippen LogP contribution in [0.25, 0.3) is 21.9 Å². The highest BCUT2D eigenvalue weighted by Gasteiger charge is 2.07. The molecule has 4 aromatic rings. The van der Waals surface area contributed by atoms with Crippen molar-refractivity contribution in [1.82, 2.24) is 0 Å². The Hall–Kier alpha value is -2.06. The van der Waals surface area contributed by atoms with Crippen molar-refractivity contribution in [3.05, 3.63) is 82.3 Å². The molecule has 0 amide bonds. The minimum absolute atomic E-state index is 0.925. The lowest BCUT2D eigenvalue weighted by Crippen LogP contribution is -1.87. The summed E-state index contributed by atoms with van der Waals surface area (Å²) >= 11 is 3.53. The van der Waals surface area contributed by atoms with Crippen molar-refractivity contribution in [2.45, 2.75) is 6.42 Å². The van der Waals surface area contributed by atoms with Crippen LogP contribution >= 0.6 is 15.9 Å². The van der Waals surface area contributed by atoms with Gasteiger partial charge in [-0.05, 0) is 47.9 Å². The van der Waals surface area contributed by atoms with Crippen LogP contribution in [0.3, 0.4) is 0 Å². The Morgan fingerprint density at radius 2 is 1.52 bits per heavy atom. The van der Waals surface area contributed by atoms with Crippen LogP contribution in [0.15, 0.2) is 75.6 Å². The van der Waals surface area contributed by atoms with Crippen LogP contribution in [0, 0.1) is 0 Å². The summed E-state index contributed by atoms with van der Waals surface area (Å²) in [5.74, 6) is 0. The lowest BCUT2D eigenvalue weighted by molar-refractivity contribution is 0.669. The molecule has 0 bridgehead atoms. The zero-order chi connectivity index (χ0) is 14.2. The molecule has 0 radical (unpaired) electrons. The van der Waals surface area contributed by atoms with Crippen LogP contribution < -0.4 is 0 Å². The van der Waals surface area contributed by atoms with E-state index >= 15 is 0 Å². The number of benzene rings is 3. The van der Waals surface area contributed by atoms with Gasteiger partial charge in [0.2, 0.25) is 0 Å². The van der Waals surface area contributed by atoms with E-state index in [4.69, 9.17) is 4.42 Å². The summed E-state index contributed by atoms with van der Waals surface area (Å²) in [6.07, 6.45) is 0.925. The smallest absolute Gasteiger partial charge is 0.135 e. The maximum Gasteiger partial charge on any atom is 0.135 e. The fraction of sp³-hybridized carbons (Fsp3) is 0.0526. The van der Waals surface area contributed by atoms with Gasteiger partial charge in [-0.15, -0.1) is 0 Å². The van der Waals surface area contributed by atoms with Gasteiger partial charge >= 0.3 is 0 Å². The van der Waals surface area contributed by atoms with Gasteiger partial charge < -0.3 is 4.42 Å². The van der Waals surface area contributed by atoms with Crippen molar-refractivity contribution in [2.24, 2.45) is 0 Å². The summed E-state index contributed by atoms with van der Waals surface area (Å²) in [5, 5.41) is 2.38. The van der Waals surface area contributed by atoms with E-state index in [0.717, 1.165) is 22.1 Å². The van der Waals surface area contributed by atoms with Gasteiger partial charge in [0.15, 0.2) is 0 Å². The van der Waals surface area contributed by atoms with Gasteiger partial charge in [0.05, 0.1) is 0 Å². The first-order valence-corrected chi connectivity index (χ1v) is 7.73. The Labute approximate surface area is 131 Å². The molecular weight excluding hydrogens is 324 g/mol. The van der Waals surface area contributed by atoms with E-state index < -0.39 is 0 Å². The molecule has 2 heteroatoms. The second kappa shape index (κ2) is 5.05. The molecule has 1 nitrogen and oxygen atoms in total. The van der Waals surface area contributed by atoms with Crippen molar-refractivity contribution in [3.8, 4) is 0 Å². The van der Waals surface area contributed by atoms with E-state index in [1.807, 2.05) is 12.1 Å². The van der Waals surface area contributed by atoms with Gasteiger partial charge in [-0.25, -0.2) is 0 Å². The van der Waals surface area contributed by atoms with Crippen LogP contribution in [0.5, 0.6) is 0 Å². The molecule has 0 atom stereocenters. The van der Waals surface area contributed by atoms with Gasteiger partial charge in [-0.2, -0.15) is 0 Å². The first kappa shape index (κ1) is 12.7. The van der Waals surface area contributed by atoms with Crippen molar-refractivity contribution < 1.29 is 4.42 Å². The number of para-hydroxylation sites is 1. The first-order valence-electron chi connectivity index (χ1n) is 6.94. The van der Waals surface area contributed by atoms with E-state index in [2.05, 4.69) is 70.5 Å². The largest absolute Gasteiger partial charge is 0.456 e. The second-order valence-electron chi connectivity index (χ2n) is 5.24. The van der Waals surface area contributed by atoms with Crippen LogP contribution in [0.1, 0.15) is 11.1 Å². The molecule has 0 aliphatic heterocycles. The van der Waals surface area contributed by atoms with E-state index in [9.17, 15) is 0 Å².